The van der Waals surface area contributed by atoms with Crippen molar-refractivity contribution in [2.24, 2.45) is 29.6 Å². The van der Waals surface area contributed by atoms with Gasteiger partial charge in [-0.3, -0.25) is 4.79 Å². The first-order valence-electron chi connectivity index (χ1n) is 16.8. The summed E-state index contributed by atoms with van der Waals surface area (Å²) >= 11 is 0. The molecule has 48 heavy (non-hydrogen) atoms. The Hall–Kier alpha value is -3.17. The Morgan fingerprint density at radius 2 is 1.81 bits per heavy atom. The fourth-order valence-corrected chi connectivity index (χ4v) is 9.23. The van der Waals surface area contributed by atoms with Crippen LogP contribution in [-0.2, 0) is 30.7 Å². The Balaban J connectivity index is 1.11. The van der Waals surface area contributed by atoms with Gasteiger partial charge in [-0.2, -0.15) is 9.29 Å². The summed E-state index contributed by atoms with van der Waals surface area (Å²) in [4.78, 5) is 17.9. The van der Waals surface area contributed by atoms with Crippen LogP contribution >= 0.6 is 0 Å². The van der Waals surface area contributed by atoms with Crippen molar-refractivity contribution in [2.45, 2.75) is 75.3 Å². The van der Waals surface area contributed by atoms with E-state index in [1.54, 1.807) is 6.07 Å². The topological polar surface area (TPSA) is 143 Å². The number of anilines is 1. The highest BCUT2D eigenvalue weighted by atomic mass is 32.2. The number of aliphatic hydroxyl groups is 1. The molecule has 0 radical (unpaired) electrons. The van der Waals surface area contributed by atoms with E-state index < -0.39 is 33.8 Å². The standard InChI is InChI=1S/C34H42F2N4O7S/c1-18(2)14-40(48(43,44)24-5-6-28-31(12-24)47-34(39-28)37-23-3-4-23)15-30(41)29(9-19-7-21(35)11-22(36)8-19)38-32(42)13-25-20-10-26-27(25)17-46-33(26)45-16-20/h5-8,11-12,18,20,23,25-27,29-30,33,41H,3-4,9-10,13-17H2,1-2H3,(H,37,39)(H,38,42)/t20?,25-,26?,27-,29-,30+,33-/m0/s1. The number of fused-ring (bicyclic) bond motifs is 2. The number of benzene rings is 2. The summed E-state index contributed by atoms with van der Waals surface area (Å²) in [6, 6.07) is 7.08. The van der Waals surface area contributed by atoms with Gasteiger partial charge in [0.05, 0.1) is 30.3 Å². The molecular formula is C34H42F2N4O7S. The number of aromatic nitrogens is 1. The van der Waals surface area contributed by atoms with Crippen LogP contribution < -0.4 is 10.6 Å². The maximum atomic E-state index is 14.2. The first-order valence-corrected chi connectivity index (χ1v) is 18.2. The molecule has 2 saturated heterocycles. The molecule has 4 fully saturated rings. The molecule has 2 aliphatic carbocycles. The molecule has 1 amide bonds. The minimum atomic E-state index is -4.16. The number of carbonyl (C=O) groups is 1. The second-order valence-corrected chi connectivity index (χ2v) is 16.2. The quantitative estimate of drug-likeness (QED) is 0.229. The molecule has 3 aromatic rings. The Morgan fingerprint density at radius 1 is 1.06 bits per heavy atom. The van der Waals surface area contributed by atoms with Crippen LogP contribution in [0.15, 0.2) is 45.7 Å². The lowest BCUT2D eigenvalue weighted by molar-refractivity contribution is -0.165. The first-order chi connectivity index (χ1) is 22.9. The van der Waals surface area contributed by atoms with Crippen LogP contribution in [-0.4, -0.2) is 79.5 Å². The number of oxazole rings is 1. The van der Waals surface area contributed by atoms with E-state index in [-0.39, 0.29) is 78.2 Å². The average molecular weight is 689 g/mol. The van der Waals surface area contributed by atoms with Gasteiger partial charge in [0, 0.05) is 43.6 Å². The van der Waals surface area contributed by atoms with E-state index in [0.29, 0.717) is 36.4 Å². The third-order valence-electron chi connectivity index (χ3n) is 10.0. The summed E-state index contributed by atoms with van der Waals surface area (Å²) in [6.07, 6.45) is 1.39. The van der Waals surface area contributed by atoms with Crippen LogP contribution in [0, 0.1) is 41.2 Å². The Morgan fingerprint density at radius 3 is 2.54 bits per heavy atom. The van der Waals surface area contributed by atoms with Crippen molar-refractivity contribution in [3.05, 3.63) is 53.6 Å². The van der Waals surface area contributed by atoms with Gasteiger partial charge in [0.1, 0.15) is 17.2 Å². The highest BCUT2D eigenvalue weighted by molar-refractivity contribution is 7.89. The minimum absolute atomic E-state index is 0.0311. The fraction of sp³-hybridized carbons (Fsp3) is 0.588. The first kappa shape index (κ1) is 33.3. The molecule has 0 spiro atoms. The monoisotopic (exact) mass is 688 g/mol. The average Bonchev–Trinajstić information content (AvgIpc) is 3.47. The molecule has 3 heterocycles. The molecule has 4 aliphatic rings. The molecule has 2 saturated carbocycles. The van der Waals surface area contributed by atoms with Crippen molar-refractivity contribution in [3.63, 3.8) is 0 Å². The molecule has 11 nitrogen and oxygen atoms in total. The van der Waals surface area contributed by atoms with Crippen molar-refractivity contribution in [1.82, 2.24) is 14.6 Å². The molecule has 3 N–H and O–H groups in total. The van der Waals surface area contributed by atoms with Crippen LogP contribution in [0.1, 0.15) is 45.1 Å². The highest BCUT2D eigenvalue weighted by Crippen LogP contribution is 2.52. The molecule has 7 atom stereocenters. The van der Waals surface area contributed by atoms with Gasteiger partial charge in [-0.05, 0) is 79.2 Å². The molecule has 2 bridgehead atoms. The zero-order valence-corrected chi connectivity index (χ0v) is 27.8. The second-order valence-electron chi connectivity index (χ2n) is 14.2. The number of aliphatic hydroxyl groups excluding tert-OH is 1. The molecule has 2 unspecified atom stereocenters. The summed E-state index contributed by atoms with van der Waals surface area (Å²) in [7, 11) is -4.16. The van der Waals surface area contributed by atoms with Crippen LogP contribution in [0.4, 0.5) is 14.8 Å². The van der Waals surface area contributed by atoms with E-state index >= 15 is 0 Å². The van der Waals surface area contributed by atoms with Gasteiger partial charge in [-0.1, -0.05) is 13.8 Å². The third-order valence-corrected chi connectivity index (χ3v) is 11.9. The van der Waals surface area contributed by atoms with Gasteiger partial charge in [0.25, 0.3) is 6.01 Å². The van der Waals surface area contributed by atoms with Crippen LogP contribution in [0.3, 0.4) is 0 Å². The van der Waals surface area contributed by atoms with Crippen molar-refractivity contribution >= 4 is 33.0 Å². The molecule has 1 aromatic heterocycles. The van der Waals surface area contributed by atoms with Gasteiger partial charge in [-0.25, -0.2) is 17.2 Å². The summed E-state index contributed by atoms with van der Waals surface area (Å²) in [5.41, 5.74) is 1.04. The van der Waals surface area contributed by atoms with E-state index in [0.717, 1.165) is 37.5 Å². The lowest BCUT2D eigenvalue weighted by Gasteiger charge is -2.31. The maximum Gasteiger partial charge on any atom is 0.295 e. The lowest BCUT2D eigenvalue weighted by atomic mass is 9.86. The molecule has 2 aromatic carbocycles. The number of halogens is 2. The van der Waals surface area contributed by atoms with Crippen LogP contribution in [0.5, 0.6) is 0 Å². The van der Waals surface area contributed by atoms with Crippen molar-refractivity contribution < 1.29 is 41.0 Å². The second kappa shape index (κ2) is 13.3. The largest absolute Gasteiger partial charge is 0.424 e. The smallest absolute Gasteiger partial charge is 0.295 e. The molecule has 14 heteroatoms. The van der Waals surface area contributed by atoms with Crippen molar-refractivity contribution in [3.8, 4) is 0 Å². The predicted octanol–water partition coefficient (Wildman–Crippen LogP) is 4.06. The number of hydrogen-bond acceptors (Lipinski definition) is 9. The molecule has 7 rings (SSSR count). The van der Waals surface area contributed by atoms with Crippen molar-refractivity contribution in [2.75, 3.05) is 31.6 Å². The fourth-order valence-electron chi connectivity index (χ4n) is 7.59. The Labute approximate surface area is 278 Å². The Bertz CT molecular complexity index is 1750. The maximum absolute atomic E-state index is 14.2. The lowest BCUT2D eigenvalue weighted by Crippen LogP contribution is -2.51. The van der Waals surface area contributed by atoms with E-state index in [4.69, 9.17) is 13.9 Å². The van der Waals surface area contributed by atoms with E-state index in [1.165, 1.54) is 16.4 Å². The minimum Gasteiger partial charge on any atom is -0.424 e. The number of hydrogen-bond donors (Lipinski definition) is 3. The van der Waals surface area contributed by atoms with Gasteiger partial charge in [0.2, 0.25) is 15.9 Å². The molecule has 2 aliphatic heterocycles. The zero-order chi connectivity index (χ0) is 33.7. The number of ether oxygens (including phenoxy) is 2. The molecular weight excluding hydrogens is 646 g/mol. The van der Waals surface area contributed by atoms with Gasteiger partial charge in [0.15, 0.2) is 11.9 Å². The number of carbonyl (C=O) groups excluding carboxylic acids is 1. The zero-order valence-electron chi connectivity index (χ0n) is 27.0. The number of amides is 1. The van der Waals surface area contributed by atoms with Gasteiger partial charge < -0.3 is 29.6 Å². The third kappa shape index (κ3) is 7.09. The van der Waals surface area contributed by atoms with Crippen LogP contribution in [0.25, 0.3) is 11.1 Å². The van der Waals surface area contributed by atoms with Crippen LogP contribution in [0.2, 0.25) is 0 Å². The number of nitrogens with zero attached hydrogens (tertiary/aromatic N) is 2. The van der Waals surface area contributed by atoms with Crippen molar-refractivity contribution in [1.29, 1.82) is 0 Å². The number of nitrogens with one attached hydrogen (secondary N) is 2. The van der Waals surface area contributed by atoms with Gasteiger partial charge >= 0.3 is 0 Å². The summed E-state index contributed by atoms with van der Waals surface area (Å²) in [6.45, 7) is 4.47. The van der Waals surface area contributed by atoms with Gasteiger partial charge in [-0.15, -0.1) is 0 Å². The van der Waals surface area contributed by atoms with E-state index in [2.05, 4.69) is 15.6 Å². The molecule has 260 valence electrons. The number of sulfonamides is 1. The van der Waals surface area contributed by atoms with E-state index in [1.807, 2.05) is 13.8 Å². The number of rotatable bonds is 14. The van der Waals surface area contributed by atoms with E-state index in [9.17, 15) is 27.1 Å². The highest BCUT2D eigenvalue weighted by Gasteiger charge is 2.54. The summed E-state index contributed by atoms with van der Waals surface area (Å²) in [5.74, 6) is -1.31. The SMILES string of the molecule is CC(C)CN(C[C@@H](O)[C@H](Cc1cc(F)cc(F)c1)NC(=O)C[C@H]1C2CO[C@H]3OC[C@@H]1C3C2)S(=O)(=O)c1ccc2nc(NC3CC3)oc2c1. The Kier molecular flexibility index (Phi) is 9.22. The predicted molar refractivity (Wildman–Crippen MR) is 171 cm³/mol. The summed E-state index contributed by atoms with van der Waals surface area (Å²) < 4.78 is 75.1. The summed E-state index contributed by atoms with van der Waals surface area (Å²) in [5, 5.41) is 17.7. The normalized spacial score (nSPS) is 26.4.